The molecule has 4 nitrogen and oxygen atoms in total. The average Bonchev–Trinajstić information content (AvgIpc) is 2.71. The van der Waals surface area contributed by atoms with Crippen LogP contribution in [-0.4, -0.2) is 24.2 Å². The van der Waals surface area contributed by atoms with Crippen molar-refractivity contribution in [1.82, 2.24) is 0 Å². The number of thioether (sulfide) groups is 1. The van der Waals surface area contributed by atoms with E-state index in [0.717, 1.165) is 42.4 Å². The lowest BCUT2D eigenvalue weighted by molar-refractivity contribution is -0.148. The highest BCUT2D eigenvalue weighted by molar-refractivity contribution is 7.98. The molecule has 0 bridgehead atoms. The minimum atomic E-state index is -0.910. The Morgan fingerprint density at radius 3 is 2.59 bits per heavy atom. The second-order valence-corrected chi connectivity index (χ2v) is 7.46. The van der Waals surface area contributed by atoms with Crippen LogP contribution in [0.2, 0.25) is 0 Å². The van der Waals surface area contributed by atoms with Crippen LogP contribution in [0.25, 0.3) is 0 Å². The van der Waals surface area contributed by atoms with Gasteiger partial charge in [0.25, 0.3) is 0 Å². The molecule has 0 saturated carbocycles. The van der Waals surface area contributed by atoms with Crippen LogP contribution in [0.3, 0.4) is 0 Å². The summed E-state index contributed by atoms with van der Waals surface area (Å²) in [6.45, 7) is 2.13. The third kappa shape index (κ3) is 5.93. The van der Waals surface area contributed by atoms with Gasteiger partial charge in [0.2, 0.25) is 0 Å². The first-order valence-corrected chi connectivity index (χ1v) is 10.6. The van der Waals surface area contributed by atoms with Gasteiger partial charge in [-0.05, 0) is 36.8 Å². The normalized spacial score (nSPS) is 18.7. The van der Waals surface area contributed by atoms with E-state index in [1.165, 1.54) is 0 Å². The lowest BCUT2D eigenvalue weighted by Crippen LogP contribution is -2.35. The summed E-state index contributed by atoms with van der Waals surface area (Å²) in [4.78, 5) is 30.9. The number of benzene rings is 1. The van der Waals surface area contributed by atoms with E-state index in [4.69, 9.17) is 4.84 Å². The minimum absolute atomic E-state index is 0.114. The van der Waals surface area contributed by atoms with Crippen molar-refractivity contribution < 1.29 is 14.4 Å². The topological polar surface area (TPSA) is 55.7 Å². The summed E-state index contributed by atoms with van der Waals surface area (Å²) in [6, 6.07) is 7.87. The van der Waals surface area contributed by atoms with Gasteiger partial charge >= 0.3 is 5.97 Å². The lowest BCUT2D eigenvalue weighted by atomic mass is 9.75. The molecular weight excluding hydrogens is 358 g/mol. The maximum atomic E-state index is 12.8. The van der Waals surface area contributed by atoms with Gasteiger partial charge in [-0.25, -0.2) is 4.79 Å². The number of oxime groups is 1. The van der Waals surface area contributed by atoms with Crippen LogP contribution in [-0.2, 0) is 19.8 Å². The number of hydrogen-bond acceptors (Lipinski definition) is 5. The molecule has 2 rings (SSSR count). The molecule has 1 aromatic carbocycles. The summed E-state index contributed by atoms with van der Waals surface area (Å²) >= 11 is 1.65. The summed E-state index contributed by atoms with van der Waals surface area (Å²) in [5.41, 5.74) is -0.0558. The number of hydrogen-bond donors (Lipinski definition) is 0. The fourth-order valence-electron chi connectivity index (χ4n) is 3.00. The van der Waals surface area contributed by atoms with Gasteiger partial charge in [-0.3, -0.25) is 4.79 Å². The van der Waals surface area contributed by atoms with Crippen LogP contribution in [0, 0.1) is 0 Å². The van der Waals surface area contributed by atoms with E-state index in [2.05, 4.69) is 12.1 Å². The molecule has 0 amide bonds. The van der Waals surface area contributed by atoms with Crippen molar-refractivity contribution in [1.29, 1.82) is 0 Å². The number of carbonyl (C=O) groups excluding carboxylic acids is 2. The highest BCUT2D eigenvalue weighted by atomic mass is 32.2. The van der Waals surface area contributed by atoms with Gasteiger partial charge in [0.15, 0.2) is 5.78 Å². The molecule has 1 atom stereocenters. The monoisotopic (exact) mass is 385 g/mol. The first kappa shape index (κ1) is 21.2. The summed E-state index contributed by atoms with van der Waals surface area (Å²) in [7, 11) is 0. The fraction of sp³-hybridized carbons (Fsp3) is 0.409. The number of allylic oxidation sites excluding steroid dienone is 3. The minimum Gasteiger partial charge on any atom is -0.317 e. The van der Waals surface area contributed by atoms with Gasteiger partial charge in [-0.2, -0.15) is 0 Å². The molecule has 5 heteroatoms. The quantitative estimate of drug-likeness (QED) is 0.182. The Balaban J connectivity index is 2.03. The molecule has 0 aromatic heterocycles. The summed E-state index contributed by atoms with van der Waals surface area (Å²) in [6.07, 6.45) is 15.7. The lowest BCUT2D eigenvalue weighted by Gasteiger charge is -2.28. The first-order valence-electron chi connectivity index (χ1n) is 9.39. The number of carbonyl (C=O) groups is 2. The molecule has 0 aliphatic heterocycles. The Hall–Kier alpha value is -2.14. The van der Waals surface area contributed by atoms with Gasteiger partial charge in [0.1, 0.15) is 11.6 Å². The van der Waals surface area contributed by atoms with Gasteiger partial charge in [0, 0.05) is 11.3 Å². The number of unbranched alkanes of at least 4 members (excludes halogenated alkanes) is 3. The first-order chi connectivity index (χ1) is 13.1. The van der Waals surface area contributed by atoms with Crippen LogP contribution in [0.5, 0.6) is 0 Å². The molecule has 0 heterocycles. The summed E-state index contributed by atoms with van der Waals surface area (Å²) < 4.78 is 0. The Morgan fingerprint density at radius 1 is 1.19 bits per heavy atom. The van der Waals surface area contributed by atoms with Crippen molar-refractivity contribution in [3.8, 4) is 0 Å². The molecule has 0 fully saturated rings. The van der Waals surface area contributed by atoms with E-state index in [1.807, 2.05) is 54.8 Å². The van der Waals surface area contributed by atoms with E-state index in [-0.39, 0.29) is 5.78 Å². The zero-order valence-electron chi connectivity index (χ0n) is 16.0. The van der Waals surface area contributed by atoms with Crippen LogP contribution in [0.15, 0.2) is 58.6 Å². The van der Waals surface area contributed by atoms with Crippen LogP contribution < -0.4 is 0 Å². The molecule has 144 valence electrons. The zero-order valence-corrected chi connectivity index (χ0v) is 16.8. The highest BCUT2D eigenvalue weighted by Crippen LogP contribution is 2.35. The second-order valence-electron chi connectivity index (χ2n) is 6.58. The number of nitrogens with zero attached hydrogens (tertiary/aromatic N) is 1. The van der Waals surface area contributed by atoms with Crippen LogP contribution in [0.4, 0.5) is 0 Å². The molecule has 0 saturated heterocycles. The maximum Gasteiger partial charge on any atom is 0.349 e. The maximum absolute atomic E-state index is 12.8. The van der Waals surface area contributed by atoms with Crippen LogP contribution in [0.1, 0.15) is 51.0 Å². The largest absolute Gasteiger partial charge is 0.349 e. The average molecular weight is 386 g/mol. The van der Waals surface area contributed by atoms with Gasteiger partial charge < -0.3 is 4.84 Å². The standard InChI is InChI=1S/C22H27NO3S/c1-3-4-5-7-10-19(24)17-23-26-21(25)22(15-8-6-9-16-22)18-11-13-20(27-2)14-12-18/h6,8-9,11-15,17H,3-5,7,10,16H2,1-2H3. The second kappa shape index (κ2) is 10.9. The van der Waals surface area contributed by atoms with Gasteiger partial charge in [0.05, 0.1) is 0 Å². The molecule has 0 radical (unpaired) electrons. The molecule has 1 unspecified atom stereocenters. The van der Waals surface area contributed by atoms with E-state index >= 15 is 0 Å². The Morgan fingerprint density at radius 2 is 1.96 bits per heavy atom. The third-order valence-electron chi connectivity index (χ3n) is 4.65. The molecule has 27 heavy (non-hydrogen) atoms. The van der Waals surface area contributed by atoms with Crippen molar-refractivity contribution in [3.05, 3.63) is 54.1 Å². The number of rotatable bonds is 10. The molecule has 1 aliphatic rings. The van der Waals surface area contributed by atoms with Crippen molar-refractivity contribution in [2.75, 3.05) is 6.26 Å². The molecular formula is C22H27NO3S. The smallest absolute Gasteiger partial charge is 0.317 e. The van der Waals surface area contributed by atoms with Crippen LogP contribution >= 0.6 is 11.8 Å². The predicted octanol–water partition coefficient (Wildman–Crippen LogP) is 5.23. The molecule has 0 N–H and O–H groups in total. The van der Waals surface area contributed by atoms with Crippen molar-refractivity contribution in [2.45, 2.75) is 55.8 Å². The third-order valence-corrected chi connectivity index (χ3v) is 5.39. The van der Waals surface area contributed by atoms with Crippen molar-refractivity contribution >= 4 is 29.7 Å². The van der Waals surface area contributed by atoms with E-state index < -0.39 is 11.4 Å². The van der Waals surface area contributed by atoms with E-state index in [0.29, 0.717) is 12.8 Å². The van der Waals surface area contributed by atoms with Crippen molar-refractivity contribution in [2.24, 2.45) is 5.16 Å². The Kier molecular flexibility index (Phi) is 8.52. The predicted molar refractivity (Wildman–Crippen MR) is 111 cm³/mol. The zero-order chi connectivity index (χ0) is 19.5. The van der Waals surface area contributed by atoms with E-state index in [9.17, 15) is 9.59 Å². The number of ketones is 1. The summed E-state index contributed by atoms with van der Waals surface area (Å²) in [5.74, 6) is -0.591. The highest BCUT2D eigenvalue weighted by Gasteiger charge is 2.39. The molecule has 0 spiro atoms. The van der Waals surface area contributed by atoms with E-state index in [1.54, 1.807) is 11.8 Å². The van der Waals surface area contributed by atoms with Gasteiger partial charge in [-0.15, -0.1) is 11.8 Å². The SMILES string of the molecule is CCCCCCC(=O)C=NOC(=O)C1(c2ccc(SC)cc2)C=CC=CC1. The Bertz CT molecular complexity index is 722. The molecule has 1 aliphatic carbocycles. The van der Waals surface area contributed by atoms with Gasteiger partial charge in [-0.1, -0.05) is 67.8 Å². The van der Waals surface area contributed by atoms with Crippen molar-refractivity contribution in [3.63, 3.8) is 0 Å². The molecule has 1 aromatic rings. The summed E-state index contributed by atoms with van der Waals surface area (Å²) in [5, 5.41) is 3.66. The fourth-order valence-corrected chi connectivity index (χ4v) is 3.41. The number of Topliss-reactive ketones (excluding diaryl/α,β-unsaturated/α-hetero) is 1. The Labute approximate surface area is 165 Å².